The summed E-state index contributed by atoms with van der Waals surface area (Å²) in [7, 11) is 0. The first kappa shape index (κ1) is 19.4. The maximum atomic E-state index is 13.1. The molecule has 1 N–H and O–H groups in total. The molecular formula is C25H32N2O4. The van der Waals surface area contributed by atoms with E-state index < -0.39 is 6.09 Å². The molecule has 4 saturated carbocycles. The van der Waals surface area contributed by atoms with E-state index in [1.54, 1.807) is 0 Å². The van der Waals surface area contributed by atoms with Crippen molar-refractivity contribution in [3.8, 4) is 0 Å². The lowest BCUT2D eigenvalue weighted by Crippen LogP contribution is -2.55. The van der Waals surface area contributed by atoms with Crippen LogP contribution in [0.1, 0.15) is 56.1 Å². The van der Waals surface area contributed by atoms with Crippen LogP contribution in [0.25, 0.3) is 0 Å². The average molecular weight is 425 g/mol. The van der Waals surface area contributed by atoms with Gasteiger partial charge in [0.2, 0.25) is 0 Å². The van der Waals surface area contributed by atoms with Crippen LogP contribution < -0.4 is 0 Å². The third kappa shape index (κ3) is 3.21. The average Bonchev–Trinajstić information content (AvgIpc) is 2.76. The normalized spacial score (nSPS) is 35.2. The van der Waals surface area contributed by atoms with Crippen LogP contribution in [0.4, 0.5) is 9.59 Å². The highest BCUT2D eigenvalue weighted by Crippen LogP contribution is 2.54. The molecule has 1 aromatic rings. The zero-order chi connectivity index (χ0) is 21.2. The van der Waals surface area contributed by atoms with Gasteiger partial charge >= 0.3 is 12.2 Å². The van der Waals surface area contributed by atoms with Crippen molar-refractivity contribution in [2.75, 3.05) is 19.6 Å². The van der Waals surface area contributed by atoms with Crippen molar-refractivity contribution in [1.82, 2.24) is 9.80 Å². The first-order chi connectivity index (χ1) is 15.0. The molecule has 4 aliphatic carbocycles. The zero-order valence-corrected chi connectivity index (χ0v) is 18.0. The fraction of sp³-hybridized carbons (Fsp3) is 0.680. The van der Waals surface area contributed by atoms with Gasteiger partial charge in [-0.2, -0.15) is 0 Å². The van der Waals surface area contributed by atoms with Crippen LogP contribution in [-0.2, 0) is 16.7 Å². The van der Waals surface area contributed by atoms with Gasteiger partial charge in [-0.1, -0.05) is 24.3 Å². The highest BCUT2D eigenvalue weighted by molar-refractivity contribution is 5.69. The number of carbonyl (C=O) groups is 2. The molecule has 1 saturated heterocycles. The molecule has 6 heteroatoms. The summed E-state index contributed by atoms with van der Waals surface area (Å²) in [6.45, 7) is 2.23. The molecule has 7 rings (SSSR count). The lowest BCUT2D eigenvalue weighted by molar-refractivity contribution is -0.104. The minimum absolute atomic E-state index is 0.120. The monoisotopic (exact) mass is 424 g/mol. The summed E-state index contributed by atoms with van der Waals surface area (Å²) >= 11 is 0. The third-order valence-corrected chi connectivity index (χ3v) is 9.07. The molecule has 31 heavy (non-hydrogen) atoms. The van der Waals surface area contributed by atoms with Crippen LogP contribution in [0.3, 0.4) is 0 Å². The zero-order valence-electron chi connectivity index (χ0n) is 18.0. The quantitative estimate of drug-likeness (QED) is 0.722. The second-order valence-electron chi connectivity index (χ2n) is 10.8. The van der Waals surface area contributed by atoms with Crippen LogP contribution in [0.15, 0.2) is 24.3 Å². The number of likely N-dealkylation sites (tertiary alicyclic amines) is 1. The largest absolute Gasteiger partial charge is 0.465 e. The van der Waals surface area contributed by atoms with Crippen molar-refractivity contribution in [2.24, 2.45) is 23.7 Å². The Morgan fingerprint density at radius 2 is 1.58 bits per heavy atom. The summed E-state index contributed by atoms with van der Waals surface area (Å²) < 4.78 is 6.15. The van der Waals surface area contributed by atoms with E-state index in [2.05, 4.69) is 6.07 Å². The molecule has 0 unspecified atom stereocenters. The first-order valence-corrected chi connectivity index (χ1v) is 12.0. The van der Waals surface area contributed by atoms with E-state index >= 15 is 0 Å². The number of ether oxygens (including phenoxy) is 1. The van der Waals surface area contributed by atoms with Crippen LogP contribution in [0.2, 0.25) is 0 Å². The number of hydrogen-bond donors (Lipinski definition) is 1. The van der Waals surface area contributed by atoms with Gasteiger partial charge in [0.05, 0.1) is 0 Å². The number of rotatable bonds is 1. The fourth-order valence-corrected chi connectivity index (χ4v) is 7.83. The van der Waals surface area contributed by atoms with E-state index in [1.165, 1.54) is 42.6 Å². The first-order valence-electron chi connectivity index (χ1n) is 12.0. The van der Waals surface area contributed by atoms with Gasteiger partial charge in [0.1, 0.15) is 6.10 Å². The summed E-state index contributed by atoms with van der Waals surface area (Å²) in [5.41, 5.74) is 2.16. The number of amides is 2. The van der Waals surface area contributed by atoms with Crippen molar-refractivity contribution < 1.29 is 19.4 Å². The maximum absolute atomic E-state index is 13.1. The van der Waals surface area contributed by atoms with Gasteiger partial charge in [0.15, 0.2) is 0 Å². The minimum Gasteiger partial charge on any atom is -0.465 e. The molecule has 2 heterocycles. The number of nitrogens with zero attached hydrogens (tertiary/aromatic N) is 2. The lowest BCUT2D eigenvalue weighted by Gasteiger charge is -2.54. The van der Waals surface area contributed by atoms with Crippen molar-refractivity contribution in [2.45, 2.75) is 63.0 Å². The molecule has 0 atom stereocenters. The Labute approximate surface area is 183 Å². The van der Waals surface area contributed by atoms with E-state index in [4.69, 9.17) is 4.74 Å². The Bertz CT molecular complexity index is 863. The van der Waals surface area contributed by atoms with Crippen molar-refractivity contribution in [3.63, 3.8) is 0 Å². The Hall–Kier alpha value is -2.24. The van der Waals surface area contributed by atoms with Gasteiger partial charge in [0.25, 0.3) is 0 Å². The molecular weight excluding hydrogens is 392 g/mol. The number of carbonyl (C=O) groups excluding carboxylic acids is 1. The molecule has 0 radical (unpaired) electrons. The Balaban J connectivity index is 1.14. The van der Waals surface area contributed by atoms with Crippen molar-refractivity contribution in [3.05, 3.63) is 35.4 Å². The van der Waals surface area contributed by atoms with Crippen LogP contribution in [0.5, 0.6) is 0 Å². The Morgan fingerprint density at radius 1 is 0.935 bits per heavy atom. The SMILES string of the molecule is O=C(O)N1Cc2ccccc2C2(CCN(C(=O)OC3C4CC5CC(C4)CC3C5)CC2)C1. The topological polar surface area (TPSA) is 70.1 Å². The van der Waals surface area contributed by atoms with Gasteiger partial charge in [-0.15, -0.1) is 0 Å². The Morgan fingerprint density at radius 3 is 2.23 bits per heavy atom. The number of benzene rings is 1. The van der Waals surface area contributed by atoms with Gasteiger partial charge in [-0.25, -0.2) is 9.59 Å². The predicted octanol–water partition coefficient (Wildman–Crippen LogP) is 4.48. The number of fused-ring (bicyclic) bond motifs is 2. The van der Waals surface area contributed by atoms with E-state index in [1.807, 2.05) is 23.1 Å². The second kappa shape index (κ2) is 7.14. The molecule has 1 spiro atoms. The molecule has 1 aromatic carbocycles. The van der Waals surface area contributed by atoms with Crippen LogP contribution >= 0.6 is 0 Å². The van der Waals surface area contributed by atoms with E-state index in [-0.39, 0.29) is 17.6 Å². The van der Waals surface area contributed by atoms with E-state index in [0.29, 0.717) is 38.0 Å². The van der Waals surface area contributed by atoms with Gasteiger partial charge in [0, 0.05) is 31.6 Å². The van der Waals surface area contributed by atoms with Crippen molar-refractivity contribution in [1.29, 1.82) is 0 Å². The number of carboxylic acid groups (broad SMARTS) is 1. The molecule has 0 aromatic heterocycles. The van der Waals surface area contributed by atoms with Crippen LogP contribution in [-0.4, -0.2) is 52.8 Å². The molecule has 2 amide bonds. The standard InChI is InChI=1S/C25H32N2O4/c28-23(29)27-14-18-3-1-2-4-21(18)25(15-27)5-7-26(8-6-25)24(30)31-22-19-10-16-9-17(12-19)13-20(22)11-16/h1-4,16-17,19-20,22H,5-15H2,(H,28,29). The highest BCUT2D eigenvalue weighted by atomic mass is 16.6. The van der Waals surface area contributed by atoms with Gasteiger partial charge < -0.3 is 19.6 Å². The Kier molecular flexibility index (Phi) is 4.48. The highest BCUT2D eigenvalue weighted by Gasteiger charge is 2.51. The van der Waals surface area contributed by atoms with Crippen molar-refractivity contribution >= 4 is 12.2 Å². The fourth-order valence-electron chi connectivity index (χ4n) is 7.83. The minimum atomic E-state index is -0.863. The maximum Gasteiger partial charge on any atom is 0.410 e. The van der Waals surface area contributed by atoms with Gasteiger partial charge in [-0.3, -0.25) is 0 Å². The number of piperidine rings is 1. The molecule has 2 aliphatic heterocycles. The van der Waals surface area contributed by atoms with E-state index in [0.717, 1.165) is 30.2 Å². The van der Waals surface area contributed by atoms with Crippen LogP contribution in [0, 0.1) is 23.7 Å². The predicted molar refractivity (Wildman–Crippen MR) is 115 cm³/mol. The molecule has 6 aliphatic rings. The summed E-state index contributed by atoms with van der Waals surface area (Å²) in [5.74, 6) is 2.89. The third-order valence-electron chi connectivity index (χ3n) is 9.07. The van der Waals surface area contributed by atoms with E-state index in [9.17, 15) is 14.7 Å². The summed E-state index contributed by atoms with van der Waals surface area (Å²) in [4.78, 5) is 28.2. The smallest absolute Gasteiger partial charge is 0.410 e. The van der Waals surface area contributed by atoms with Gasteiger partial charge in [-0.05, 0) is 79.7 Å². The summed E-state index contributed by atoms with van der Waals surface area (Å²) in [5, 5.41) is 9.64. The lowest BCUT2D eigenvalue weighted by atomic mass is 9.55. The molecule has 5 fully saturated rings. The second-order valence-corrected chi connectivity index (χ2v) is 10.8. The number of hydrogen-bond acceptors (Lipinski definition) is 3. The summed E-state index contributed by atoms with van der Waals surface area (Å²) in [6.07, 6.45) is 7.06. The molecule has 4 bridgehead atoms. The summed E-state index contributed by atoms with van der Waals surface area (Å²) in [6, 6.07) is 8.22. The molecule has 6 nitrogen and oxygen atoms in total. The molecule has 166 valence electrons.